The molecule has 0 amide bonds. The van der Waals surface area contributed by atoms with Gasteiger partial charge in [0.1, 0.15) is 17.3 Å². The molecule has 1 unspecified atom stereocenters. The zero-order valence-corrected chi connectivity index (χ0v) is 22.4. The molecule has 5 rings (SSSR count). The van der Waals surface area contributed by atoms with Crippen LogP contribution < -0.4 is 10.3 Å². The van der Waals surface area contributed by atoms with Crippen LogP contribution in [0.3, 0.4) is 0 Å². The van der Waals surface area contributed by atoms with Gasteiger partial charge < -0.3 is 10.3 Å². The molecule has 0 saturated heterocycles. The summed E-state index contributed by atoms with van der Waals surface area (Å²) in [5.41, 5.74) is 13.1. The Hall–Kier alpha value is -4.39. The first kappa shape index (κ1) is 27.2. The standard InChI is InChI=1S/C27H21Cl2N7O4/c1-3-40-36(39,23-9-8-18(28)12-20(23)29)34-22-13-19(15(2)26(22)27(37)38)16-4-6-17(7-5-16)21-14-25-31-11-10-24(32-30)35(25)33-21/h4-14,30,34H,2-3H2,1H3,(H,37,38). The van der Waals surface area contributed by atoms with Gasteiger partial charge in [0.15, 0.2) is 11.5 Å². The molecule has 0 radical (unpaired) electrons. The van der Waals surface area contributed by atoms with E-state index in [2.05, 4.69) is 27.2 Å². The minimum absolute atomic E-state index is 0.0000772. The van der Waals surface area contributed by atoms with E-state index in [1.807, 2.05) is 12.1 Å². The van der Waals surface area contributed by atoms with Crippen molar-refractivity contribution in [3.05, 3.63) is 111 Å². The lowest BCUT2D eigenvalue weighted by Gasteiger charge is -2.38. The van der Waals surface area contributed by atoms with E-state index in [9.17, 15) is 15.1 Å². The molecule has 0 bridgehead atoms. The van der Waals surface area contributed by atoms with Gasteiger partial charge in [-0.2, -0.15) is 19.9 Å². The molecule has 2 aromatic heterocycles. The fourth-order valence-corrected chi connectivity index (χ4v) is 4.86. The van der Waals surface area contributed by atoms with Crippen molar-refractivity contribution in [3.63, 3.8) is 0 Å². The van der Waals surface area contributed by atoms with Gasteiger partial charge in [-0.3, -0.25) is 0 Å². The number of rotatable bonds is 9. The van der Waals surface area contributed by atoms with Crippen molar-refractivity contribution >= 4 is 51.9 Å². The molecule has 0 saturated carbocycles. The van der Waals surface area contributed by atoms with Crippen LogP contribution in [-0.2, 0) is 9.63 Å². The molecule has 202 valence electrons. The maximum atomic E-state index is 13.8. The van der Waals surface area contributed by atoms with Gasteiger partial charge in [0.05, 0.1) is 11.3 Å². The molecular formula is C27H21Cl2N7O4. The normalized spacial score (nSPS) is 14.8. The first-order valence-electron chi connectivity index (χ1n) is 11.9. The minimum atomic E-state index is -1.58. The van der Waals surface area contributed by atoms with Gasteiger partial charge in [-0.05, 0) is 41.8 Å². The Bertz CT molecular complexity index is 1750. The number of benzene rings is 2. The second-order valence-corrected chi connectivity index (χ2v) is 9.44. The van der Waals surface area contributed by atoms with E-state index in [0.717, 1.165) is 5.56 Å². The third kappa shape index (κ3) is 4.88. The summed E-state index contributed by atoms with van der Waals surface area (Å²) in [4.78, 5) is 20.3. The van der Waals surface area contributed by atoms with Crippen LogP contribution in [0.4, 0.5) is 11.5 Å². The number of carbonyl (C=O) groups is 1. The SMILES string of the molecule is C=C1C(c2ccc(-c3cc4nccc(N=N)n4n3)cc2)=CC(N[N+]([O-])(OCC)c2ccc(Cl)cc2Cl)=C1C(=O)O. The van der Waals surface area contributed by atoms with E-state index in [1.54, 1.807) is 37.4 Å². The Balaban J connectivity index is 1.49. The predicted molar refractivity (Wildman–Crippen MR) is 151 cm³/mol. The first-order valence-corrected chi connectivity index (χ1v) is 12.6. The summed E-state index contributed by atoms with van der Waals surface area (Å²) in [6, 6.07) is 14.9. The van der Waals surface area contributed by atoms with E-state index in [-0.39, 0.29) is 34.2 Å². The lowest BCUT2D eigenvalue weighted by atomic mass is 9.97. The molecule has 1 aliphatic rings. The largest absolute Gasteiger partial charge is 0.567 e. The Labute approximate surface area is 237 Å². The van der Waals surface area contributed by atoms with Gasteiger partial charge >= 0.3 is 5.97 Å². The van der Waals surface area contributed by atoms with Crippen LogP contribution in [0.2, 0.25) is 10.0 Å². The molecule has 1 atom stereocenters. The van der Waals surface area contributed by atoms with Crippen LogP contribution in [0.15, 0.2) is 95.4 Å². The lowest BCUT2D eigenvalue weighted by Crippen LogP contribution is -2.54. The summed E-state index contributed by atoms with van der Waals surface area (Å²) in [7, 11) is 0. The maximum absolute atomic E-state index is 13.8. The summed E-state index contributed by atoms with van der Waals surface area (Å²) in [5.74, 6) is -0.930. The molecule has 0 fully saturated rings. The van der Waals surface area contributed by atoms with Crippen molar-refractivity contribution < 1.29 is 14.7 Å². The van der Waals surface area contributed by atoms with Crippen molar-refractivity contribution in [1.82, 2.24) is 24.9 Å². The van der Waals surface area contributed by atoms with Gasteiger partial charge in [-0.15, -0.1) is 5.11 Å². The molecule has 3 N–H and O–H groups in total. The average molecular weight is 578 g/mol. The molecule has 4 aromatic rings. The van der Waals surface area contributed by atoms with Crippen molar-refractivity contribution in [1.29, 1.82) is 5.53 Å². The number of carboxylic acid groups (broad SMARTS) is 1. The van der Waals surface area contributed by atoms with E-state index >= 15 is 0 Å². The number of hydrogen-bond acceptors (Lipinski definition) is 8. The second-order valence-electron chi connectivity index (χ2n) is 8.60. The van der Waals surface area contributed by atoms with Gasteiger partial charge in [0.25, 0.3) is 0 Å². The van der Waals surface area contributed by atoms with Crippen LogP contribution in [-0.4, -0.2) is 32.3 Å². The molecule has 0 spiro atoms. The zero-order chi connectivity index (χ0) is 28.6. The fourth-order valence-electron chi connectivity index (χ4n) is 4.34. The molecule has 11 nitrogen and oxygen atoms in total. The highest BCUT2D eigenvalue weighted by Crippen LogP contribution is 2.39. The van der Waals surface area contributed by atoms with Crippen molar-refractivity contribution in [2.24, 2.45) is 5.11 Å². The molecule has 0 aliphatic heterocycles. The number of hydrogen-bond donors (Lipinski definition) is 3. The van der Waals surface area contributed by atoms with E-state index < -0.39 is 10.9 Å². The van der Waals surface area contributed by atoms with Crippen LogP contribution in [0.5, 0.6) is 0 Å². The summed E-state index contributed by atoms with van der Waals surface area (Å²) in [6.45, 7) is 5.60. The van der Waals surface area contributed by atoms with Gasteiger partial charge in [0.2, 0.25) is 5.69 Å². The summed E-state index contributed by atoms with van der Waals surface area (Å²) in [5, 5.41) is 32.1. The maximum Gasteiger partial charge on any atom is 0.338 e. The quantitative estimate of drug-likeness (QED) is 0.115. The third-order valence-electron chi connectivity index (χ3n) is 6.15. The highest BCUT2D eigenvalue weighted by atomic mass is 35.5. The van der Waals surface area contributed by atoms with Gasteiger partial charge in [-0.1, -0.05) is 59.0 Å². The number of nitrogens with zero attached hydrogens (tertiary/aromatic N) is 5. The van der Waals surface area contributed by atoms with Gasteiger partial charge in [-0.25, -0.2) is 15.3 Å². The Morgan fingerprint density at radius 1 is 1.20 bits per heavy atom. The molecule has 13 heteroatoms. The first-order chi connectivity index (χ1) is 19.1. The van der Waals surface area contributed by atoms with Crippen LogP contribution in [0.1, 0.15) is 12.5 Å². The molecular weight excluding hydrogens is 557 g/mol. The summed E-state index contributed by atoms with van der Waals surface area (Å²) < 4.78 is 1.47. The number of allylic oxidation sites excluding steroid dienone is 2. The highest BCUT2D eigenvalue weighted by molar-refractivity contribution is 6.36. The smallest absolute Gasteiger partial charge is 0.338 e. The zero-order valence-electron chi connectivity index (χ0n) is 20.9. The molecule has 1 aliphatic carbocycles. The topological polar surface area (TPSA) is 148 Å². The monoisotopic (exact) mass is 577 g/mol. The summed E-state index contributed by atoms with van der Waals surface area (Å²) >= 11 is 12.3. The molecule has 40 heavy (non-hydrogen) atoms. The number of fused-ring (bicyclic) bond motifs is 1. The van der Waals surface area contributed by atoms with Crippen molar-refractivity contribution in [2.45, 2.75) is 6.92 Å². The number of aromatic nitrogens is 3. The number of aliphatic carboxylic acids is 1. The highest BCUT2D eigenvalue weighted by Gasteiger charge is 2.34. The summed E-state index contributed by atoms with van der Waals surface area (Å²) in [6.07, 6.45) is 3.08. The van der Waals surface area contributed by atoms with Crippen molar-refractivity contribution in [2.75, 3.05) is 6.61 Å². The predicted octanol–water partition coefficient (Wildman–Crippen LogP) is 6.62. The number of nitrogens with one attached hydrogen (secondary N) is 2. The Kier molecular flexibility index (Phi) is 7.23. The average Bonchev–Trinajstić information content (AvgIpc) is 3.49. The molecule has 2 heterocycles. The number of carboxylic acids is 1. The van der Waals surface area contributed by atoms with E-state index in [4.69, 9.17) is 33.6 Å². The van der Waals surface area contributed by atoms with Crippen LogP contribution in [0.25, 0.3) is 22.5 Å². The van der Waals surface area contributed by atoms with Crippen LogP contribution in [0, 0.1) is 10.7 Å². The van der Waals surface area contributed by atoms with Crippen molar-refractivity contribution in [3.8, 4) is 11.3 Å². The number of quaternary nitrogens is 1. The fraction of sp³-hybridized carbons (Fsp3) is 0.0741. The van der Waals surface area contributed by atoms with Crippen LogP contribution >= 0.6 is 23.2 Å². The third-order valence-corrected chi connectivity index (χ3v) is 6.69. The van der Waals surface area contributed by atoms with E-state index in [0.29, 0.717) is 33.3 Å². The lowest BCUT2D eigenvalue weighted by molar-refractivity contribution is -0.135. The number of halogens is 2. The minimum Gasteiger partial charge on any atom is -0.567 e. The second kappa shape index (κ2) is 10.6. The Morgan fingerprint density at radius 2 is 1.93 bits per heavy atom. The van der Waals surface area contributed by atoms with Gasteiger partial charge in [0, 0.05) is 35.0 Å². The molecule has 2 aromatic carbocycles. The van der Waals surface area contributed by atoms with E-state index in [1.165, 1.54) is 28.8 Å². The Morgan fingerprint density at radius 3 is 2.58 bits per heavy atom.